The SMILES string of the molecule is COCCNC(=O)CN1CCN(C(C)C(=O)NC2CCC(C)CC2)CC1. The smallest absolute Gasteiger partial charge is 0.237 e. The molecule has 0 aromatic rings. The highest BCUT2D eigenvalue weighted by Gasteiger charge is 2.28. The first-order valence-electron chi connectivity index (χ1n) is 10.0. The van der Waals surface area contributed by atoms with Crippen LogP contribution >= 0.6 is 0 Å². The van der Waals surface area contributed by atoms with Gasteiger partial charge in [0.05, 0.1) is 19.2 Å². The Balaban J connectivity index is 1.66. The van der Waals surface area contributed by atoms with E-state index in [4.69, 9.17) is 4.74 Å². The van der Waals surface area contributed by atoms with Crippen molar-refractivity contribution in [2.45, 2.75) is 51.6 Å². The number of ether oxygens (including phenoxy) is 1. The Hall–Kier alpha value is -1.18. The second kappa shape index (κ2) is 10.8. The normalized spacial score (nSPS) is 26.3. The van der Waals surface area contributed by atoms with Gasteiger partial charge in [-0.25, -0.2) is 0 Å². The van der Waals surface area contributed by atoms with Crippen LogP contribution in [0, 0.1) is 5.92 Å². The minimum absolute atomic E-state index is 0.0350. The quantitative estimate of drug-likeness (QED) is 0.609. The third kappa shape index (κ3) is 6.85. The van der Waals surface area contributed by atoms with Crippen molar-refractivity contribution in [1.29, 1.82) is 0 Å². The van der Waals surface area contributed by atoms with E-state index in [1.54, 1.807) is 7.11 Å². The number of nitrogens with zero attached hydrogens (tertiary/aromatic N) is 2. The van der Waals surface area contributed by atoms with Gasteiger partial charge in [0.15, 0.2) is 0 Å². The number of amides is 2. The van der Waals surface area contributed by atoms with Crippen molar-refractivity contribution in [1.82, 2.24) is 20.4 Å². The standard InChI is InChI=1S/C19H36N4O3/c1-15-4-6-17(7-5-15)21-19(25)16(2)23-11-9-22(10-12-23)14-18(24)20-8-13-26-3/h15-17H,4-14H2,1-3H3,(H,20,24)(H,21,25). The molecule has 0 aromatic heterocycles. The van der Waals surface area contributed by atoms with Gasteiger partial charge in [0.2, 0.25) is 11.8 Å². The third-order valence-electron chi connectivity index (χ3n) is 5.69. The van der Waals surface area contributed by atoms with Gasteiger partial charge in [-0.05, 0) is 38.5 Å². The second-order valence-corrected chi connectivity index (χ2v) is 7.80. The van der Waals surface area contributed by atoms with Gasteiger partial charge in [0.1, 0.15) is 0 Å². The minimum Gasteiger partial charge on any atom is -0.383 e. The van der Waals surface area contributed by atoms with Crippen LogP contribution in [0.5, 0.6) is 0 Å². The van der Waals surface area contributed by atoms with Gasteiger partial charge >= 0.3 is 0 Å². The molecule has 7 nitrogen and oxygen atoms in total. The molecule has 0 bridgehead atoms. The number of carbonyl (C=O) groups is 2. The Labute approximate surface area is 157 Å². The van der Waals surface area contributed by atoms with E-state index in [2.05, 4.69) is 27.4 Å². The molecule has 2 N–H and O–H groups in total. The van der Waals surface area contributed by atoms with E-state index in [1.807, 2.05) is 6.92 Å². The molecule has 1 saturated carbocycles. The summed E-state index contributed by atoms with van der Waals surface area (Å²) < 4.78 is 4.93. The molecule has 1 saturated heterocycles. The Morgan fingerprint density at radius 3 is 2.38 bits per heavy atom. The molecule has 1 unspecified atom stereocenters. The van der Waals surface area contributed by atoms with E-state index in [0.717, 1.165) is 44.9 Å². The van der Waals surface area contributed by atoms with Gasteiger partial charge in [-0.3, -0.25) is 19.4 Å². The Morgan fingerprint density at radius 1 is 1.12 bits per heavy atom. The van der Waals surface area contributed by atoms with Crippen molar-refractivity contribution in [3.05, 3.63) is 0 Å². The molecular formula is C19H36N4O3. The summed E-state index contributed by atoms with van der Waals surface area (Å²) in [5.74, 6) is 0.975. The van der Waals surface area contributed by atoms with Crippen molar-refractivity contribution in [3.8, 4) is 0 Å². The summed E-state index contributed by atoms with van der Waals surface area (Å²) in [5, 5.41) is 6.09. The Morgan fingerprint density at radius 2 is 1.77 bits per heavy atom. The van der Waals surface area contributed by atoms with E-state index < -0.39 is 0 Å². The number of methoxy groups -OCH3 is 1. The van der Waals surface area contributed by atoms with Crippen LogP contribution in [0.3, 0.4) is 0 Å². The monoisotopic (exact) mass is 368 g/mol. The lowest BCUT2D eigenvalue weighted by molar-refractivity contribution is -0.128. The van der Waals surface area contributed by atoms with Gasteiger partial charge in [-0.2, -0.15) is 0 Å². The first-order valence-corrected chi connectivity index (χ1v) is 10.0. The zero-order valence-electron chi connectivity index (χ0n) is 16.6. The maximum absolute atomic E-state index is 12.6. The van der Waals surface area contributed by atoms with Crippen molar-refractivity contribution in [2.24, 2.45) is 5.92 Å². The molecule has 2 fully saturated rings. The highest BCUT2D eigenvalue weighted by Crippen LogP contribution is 2.23. The molecule has 1 heterocycles. The van der Waals surface area contributed by atoms with Crippen molar-refractivity contribution < 1.29 is 14.3 Å². The van der Waals surface area contributed by atoms with Crippen molar-refractivity contribution in [3.63, 3.8) is 0 Å². The van der Waals surface area contributed by atoms with Crippen LogP contribution in [-0.4, -0.2) is 86.7 Å². The average molecular weight is 369 g/mol. The number of carbonyl (C=O) groups excluding carboxylic acids is 2. The second-order valence-electron chi connectivity index (χ2n) is 7.80. The maximum Gasteiger partial charge on any atom is 0.237 e. The summed E-state index contributed by atoms with van der Waals surface area (Å²) in [7, 11) is 1.62. The molecule has 2 amide bonds. The molecule has 0 spiro atoms. The van der Waals surface area contributed by atoms with Crippen LogP contribution < -0.4 is 10.6 Å². The van der Waals surface area contributed by atoms with Crippen molar-refractivity contribution >= 4 is 11.8 Å². The summed E-state index contributed by atoms with van der Waals surface area (Å²) >= 11 is 0. The van der Waals surface area contributed by atoms with Crippen LogP contribution in [0.1, 0.15) is 39.5 Å². The largest absolute Gasteiger partial charge is 0.383 e. The topological polar surface area (TPSA) is 73.9 Å². The molecule has 0 radical (unpaired) electrons. The molecule has 1 aliphatic heterocycles. The Bertz CT molecular complexity index is 444. The predicted octanol–water partition coefficient (Wildman–Crippen LogP) is 0.450. The van der Waals surface area contributed by atoms with E-state index in [-0.39, 0.29) is 17.9 Å². The fourth-order valence-electron chi connectivity index (χ4n) is 3.75. The molecule has 2 aliphatic rings. The minimum atomic E-state index is -0.105. The maximum atomic E-state index is 12.6. The van der Waals surface area contributed by atoms with Gasteiger partial charge in [-0.1, -0.05) is 6.92 Å². The summed E-state index contributed by atoms with van der Waals surface area (Å²) in [6.07, 6.45) is 4.63. The van der Waals surface area contributed by atoms with Gasteiger partial charge in [-0.15, -0.1) is 0 Å². The van der Waals surface area contributed by atoms with E-state index in [0.29, 0.717) is 25.7 Å². The van der Waals surface area contributed by atoms with Crippen LogP contribution in [0.15, 0.2) is 0 Å². The van der Waals surface area contributed by atoms with Crippen molar-refractivity contribution in [2.75, 3.05) is 53.0 Å². The first kappa shape index (κ1) is 21.1. The number of rotatable bonds is 8. The molecule has 1 atom stereocenters. The Kier molecular flexibility index (Phi) is 8.81. The van der Waals surface area contributed by atoms with Crippen LogP contribution in [0.4, 0.5) is 0 Å². The summed E-state index contributed by atoms with van der Waals surface area (Å²) in [6.45, 7) is 9.05. The molecule has 0 aromatic carbocycles. The summed E-state index contributed by atoms with van der Waals surface area (Å²) in [5.41, 5.74) is 0. The number of hydrogen-bond donors (Lipinski definition) is 2. The molecule has 7 heteroatoms. The van der Waals surface area contributed by atoms with Gasteiger partial charge in [0, 0.05) is 45.9 Å². The lowest BCUT2D eigenvalue weighted by Crippen LogP contribution is -2.56. The van der Waals surface area contributed by atoms with E-state index >= 15 is 0 Å². The van der Waals surface area contributed by atoms with E-state index in [1.165, 1.54) is 12.8 Å². The summed E-state index contributed by atoms with van der Waals surface area (Å²) in [4.78, 5) is 28.8. The fourth-order valence-corrected chi connectivity index (χ4v) is 3.75. The fraction of sp³-hybridized carbons (Fsp3) is 0.895. The highest BCUT2D eigenvalue weighted by molar-refractivity contribution is 5.81. The molecule has 26 heavy (non-hydrogen) atoms. The molecular weight excluding hydrogens is 332 g/mol. The predicted molar refractivity (Wildman–Crippen MR) is 102 cm³/mol. The number of nitrogens with one attached hydrogen (secondary N) is 2. The van der Waals surface area contributed by atoms with Crippen LogP contribution in [-0.2, 0) is 14.3 Å². The summed E-state index contributed by atoms with van der Waals surface area (Å²) in [6, 6.07) is 0.241. The first-order chi connectivity index (χ1) is 12.5. The highest BCUT2D eigenvalue weighted by atomic mass is 16.5. The van der Waals surface area contributed by atoms with Crippen LogP contribution in [0.25, 0.3) is 0 Å². The molecule has 1 aliphatic carbocycles. The zero-order chi connectivity index (χ0) is 18.9. The lowest BCUT2D eigenvalue weighted by atomic mass is 9.87. The van der Waals surface area contributed by atoms with Crippen LogP contribution in [0.2, 0.25) is 0 Å². The number of piperazine rings is 1. The van der Waals surface area contributed by atoms with Gasteiger partial charge in [0.25, 0.3) is 0 Å². The average Bonchev–Trinajstić information content (AvgIpc) is 2.64. The van der Waals surface area contributed by atoms with Gasteiger partial charge < -0.3 is 15.4 Å². The number of hydrogen-bond acceptors (Lipinski definition) is 5. The third-order valence-corrected chi connectivity index (χ3v) is 5.69. The lowest BCUT2D eigenvalue weighted by Gasteiger charge is -2.38. The molecule has 2 rings (SSSR count). The zero-order valence-corrected chi connectivity index (χ0v) is 16.6. The van der Waals surface area contributed by atoms with E-state index in [9.17, 15) is 9.59 Å². The molecule has 150 valence electrons.